The number of halogens is 1. The number of carboxylic acid groups (broad SMARTS) is 1. The normalized spacial score (nSPS) is 8.54. The summed E-state index contributed by atoms with van der Waals surface area (Å²) in [6.45, 7) is 4.25. The first kappa shape index (κ1) is 11.8. The Hall–Kier alpha value is -1.16. The van der Waals surface area contributed by atoms with Crippen LogP contribution in [0.5, 0.6) is 0 Å². The second-order valence-corrected chi connectivity index (χ2v) is 2.64. The van der Waals surface area contributed by atoms with Crippen LogP contribution >= 0.6 is 11.6 Å². The first-order chi connectivity index (χ1) is 6.11. The van der Waals surface area contributed by atoms with Crippen molar-refractivity contribution in [3.63, 3.8) is 0 Å². The number of aromatic carboxylic acids is 1. The van der Waals surface area contributed by atoms with Gasteiger partial charge >= 0.3 is 5.97 Å². The zero-order valence-corrected chi connectivity index (χ0v) is 8.25. The van der Waals surface area contributed by atoms with Gasteiger partial charge in [0.25, 0.3) is 0 Å². The van der Waals surface area contributed by atoms with E-state index >= 15 is 0 Å². The predicted octanol–water partition coefficient (Wildman–Crippen LogP) is 2.24. The second-order valence-electron chi connectivity index (χ2n) is 2.25. The monoisotopic (exact) mass is 202 g/mol. The van der Waals surface area contributed by atoms with Crippen molar-refractivity contribution in [1.29, 1.82) is 0 Å². The van der Waals surface area contributed by atoms with E-state index in [0.717, 1.165) is 0 Å². The topological polar surface area (TPSA) is 63.1 Å². The van der Waals surface area contributed by atoms with Gasteiger partial charge in [0, 0.05) is 0 Å². The van der Waals surface area contributed by atoms with E-state index in [2.05, 4.69) is 24.0 Å². The number of rotatable bonds is 1. The van der Waals surface area contributed by atoms with Gasteiger partial charge in [0.05, 0.1) is 0 Å². The van der Waals surface area contributed by atoms with Crippen LogP contribution in [0.15, 0.2) is 12.1 Å². The van der Waals surface area contributed by atoms with Crippen LogP contribution in [0.1, 0.15) is 30.8 Å². The van der Waals surface area contributed by atoms with E-state index in [4.69, 9.17) is 16.7 Å². The summed E-state index contributed by atoms with van der Waals surface area (Å²) >= 11 is 5.35. The average Bonchev–Trinajstić information content (AvgIpc) is 2.06. The molecule has 0 spiro atoms. The minimum Gasteiger partial charge on any atom is -0.476 e. The minimum absolute atomic E-state index is 0.107. The van der Waals surface area contributed by atoms with Gasteiger partial charge in [-0.2, -0.15) is 0 Å². The molecule has 4 nitrogen and oxygen atoms in total. The summed E-state index contributed by atoms with van der Waals surface area (Å²) in [5.41, 5.74) is -0.107. The van der Waals surface area contributed by atoms with Gasteiger partial charge in [0.2, 0.25) is 0 Å². The van der Waals surface area contributed by atoms with E-state index in [-0.39, 0.29) is 10.8 Å². The summed E-state index contributed by atoms with van der Waals surface area (Å²) in [5.74, 6) is -1.11. The highest BCUT2D eigenvalue weighted by atomic mass is 35.5. The van der Waals surface area contributed by atoms with Gasteiger partial charge < -0.3 is 5.11 Å². The second kappa shape index (κ2) is 6.37. The summed E-state index contributed by atoms with van der Waals surface area (Å²) in [6.07, 6.45) is 1.25. The highest BCUT2D eigenvalue weighted by Gasteiger charge is 2.02. The molecule has 0 amide bonds. The van der Waals surface area contributed by atoms with Crippen molar-refractivity contribution in [3.8, 4) is 0 Å². The van der Waals surface area contributed by atoms with Gasteiger partial charge in [0.1, 0.15) is 0 Å². The Morgan fingerprint density at radius 1 is 1.46 bits per heavy atom. The Morgan fingerprint density at radius 2 is 2.00 bits per heavy atom. The SMILES string of the molecule is CCC.O=C(O)c1ccc(Cl)nn1. The highest BCUT2D eigenvalue weighted by Crippen LogP contribution is 2.01. The van der Waals surface area contributed by atoms with Gasteiger partial charge in [-0.3, -0.25) is 0 Å². The van der Waals surface area contributed by atoms with E-state index in [1.807, 2.05) is 0 Å². The van der Waals surface area contributed by atoms with Crippen molar-refractivity contribution >= 4 is 17.6 Å². The average molecular weight is 203 g/mol. The van der Waals surface area contributed by atoms with Crippen LogP contribution in [0, 0.1) is 0 Å². The molecule has 0 unspecified atom stereocenters. The molecule has 0 atom stereocenters. The third-order valence-electron chi connectivity index (χ3n) is 0.851. The fraction of sp³-hybridized carbons (Fsp3) is 0.375. The number of nitrogens with zero attached hydrogens (tertiary/aromatic N) is 2. The molecular weight excluding hydrogens is 192 g/mol. The van der Waals surface area contributed by atoms with Crippen LogP contribution in [0.3, 0.4) is 0 Å². The van der Waals surface area contributed by atoms with Crippen LogP contribution in [0.2, 0.25) is 5.15 Å². The minimum atomic E-state index is -1.11. The van der Waals surface area contributed by atoms with E-state index in [9.17, 15) is 4.79 Å². The summed E-state index contributed by atoms with van der Waals surface area (Å²) in [5, 5.41) is 15.1. The van der Waals surface area contributed by atoms with Gasteiger partial charge in [-0.25, -0.2) is 4.79 Å². The van der Waals surface area contributed by atoms with Gasteiger partial charge in [0.15, 0.2) is 10.8 Å². The molecule has 5 heteroatoms. The lowest BCUT2D eigenvalue weighted by Crippen LogP contribution is -2.00. The number of carboxylic acids is 1. The molecule has 0 saturated heterocycles. The van der Waals surface area contributed by atoms with Crippen LogP contribution in [0.25, 0.3) is 0 Å². The van der Waals surface area contributed by atoms with Crippen molar-refractivity contribution in [1.82, 2.24) is 10.2 Å². The summed E-state index contributed by atoms with van der Waals surface area (Å²) in [4.78, 5) is 10.2. The quantitative estimate of drug-likeness (QED) is 0.759. The van der Waals surface area contributed by atoms with Crippen LogP contribution in [-0.2, 0) is 0 Å². The zero-order chi connectivity index (χ0) is 10.3. The van der Waals surface area contributed by atoms with E-state index in [1.54, 1.807) is 0 Å². The molecule has 13 heavy (non-hydrogen) atoms. The molecule has 1 aromatic rings. The largest absolute Gasteiger partial charge is 0.476 e. The molecule has 72 valence electrons. The van der Waals surface area contributed by atoms with Crippen LogP contribution in [0.4, 0.5) is 0 Å². The molecule has 1 heterocycles. The maximum Gasteiger partial charge on any atom is 0.356 e. The van der Waals surface area contributed by atoms with Crippen molar-refractivity contribution in [2.24, 2.45) is 0 Å². The molecule has 0 aromatic carbocycles. The molecule has 0 radical (unpaired) electrons. The molecular formula is C8H11ClN2O2. The first-order valence-electron chi connectivity index (χ1n) is 3.84. The van der Waals surface area contributed by atoms with E-state index < -0.39 is 5.97 Å². The van der Waals surface area contributed by atoms with Crippen molar-refractivity contribution < 1.29 is 9.90 Å². The smallest absolute Gasteiger partial charge is 0.356 e. The molecule has 0 aliphatic rings. The van der Waals surface area contributed by atoms with Crippen molar-refractivity contribution in [2.45, 2.75) is 20.3 Å². The molecule has 0 aliphatic heterocycles. The number of carbonyl (C=O) groups is 1. The highest BCUT2D eigenvalue weighted by molar-refractivity contribution is 6.29. The maximum atomic E-state index is 10.2. The van der Waals surface area contributed by atoms with Gasteiger partial charge in [-0.05, 0) is 12.1 Å². The number of hydrogen-bond donors (Lipinski definition) is 1. The Labute approximate surface area is 81.6 Å². The van der Waals surface area contributed by atoms with Gasteiger partial charge in [-0.1, -0.05) is 31.9 Å². The summed E-state index contributed by atoms with van der Waals surface area (Å²) < 4.78 is 0. The Morgan fingerprint density at radius 3 is 2.31 bits per heavy atom. The summed E-state index contributed by atoms with van der Waals surface area (Å²) in [6, 6.07) is 2.66. The van der Waals surface area contributed by atoms with Crippen molar-refractivity contribution in [2.75, 3.05) is 0 Å². The maximum absolute atomic E-state index is 10.2. The molecule has 1 aromatic heterocycles. The predicted molar refractivity (Wildman–Crippen MR) is 50.0 cm³/mol. The lowest BCUT2D eigenvalue weighted by molar-refractivity contribution is 0.0689. The number of aromatic nitrogens is 2. The van der Waals surface area contributed by atoms with Crippen LogP contribution < -0.4 is 0 Å². The lowest BCUT2D eigenvalue weighted by atomic mass is 10.4. The Kier molecular flexibility index (Phi) is 5.80. The third-order valence-corrected chi connectivity index (χ3v) is 1.05. The molecule has 0 bridgehead atoms. The lowest BCUT2D eigenvalue weighted by Gasteiger charge is -1.89. The number of hydrogen-bond acceptors (Lipinski definition) is 3. The third kappa shape index (κ3) is 5.14. The molecule has 1 rings (SSSR count). The molecule has 0 fully saturated rings. The Bertz CT molecular complexity index is 261. The molecule has 1 N–H and O–H groups in total. The van der Waals surface area contributed by atoms with Crippen molar-refractivity contribution in [3.05, 3.63) is 23.0 Å². The summed E-state index contributed by atoms with van der Waals surface area (Å²) in [7, 11) is 0. The standard InChI is InChI=1S/C5H3ClN2O2.C3H8/c6-4-2-1-3(5(9)10)7-8-4;1-3-2/h1-2H,(H,9,10);3H2,1-2H3. The van der Waals surface area contributed by atoms with Gasteiger partial charge in [-0.15, -0.1) is 10.2 Å². The van der Waals surface area contributed by atoms with Crippen LogP contribution in [-0.4, -0.2) is 21.3 Å². The fourth-order valence-electron chi connectivity index (χ4n) is 0.430. The fourth-order valence-corrected chi connectivity index (χ4v) is 0.531. The van der Waals surface area contributed by atoms with E-state index in [0.29, 0.717) is 0 Å². The first-order valence-corrected chi connectivity index (χ1v) is 4.22. The zero-order valence-electron chi connectivity index (χ0n) is 7.49. The Balaban J connectivity index is 0.000000424. The van der Waals surface area contributed by atoms with E-state index in [1.165, 1.54) is 18.6 Å². The molecule has 0 aliphatic carbocycles. The molecule has 0 saturated carbocycles.